The van der Waals surface area contributed by atoms with Gasteiger partial charge < -0.3 is 0 Å². The molecule has 0 spiro atoms. The average Bonchev–Trinajstić information content (AvgIpc) is 1.97. The van der Waals surface area contributed by atoms with Crippen molar-refractivity contribution >= 4 is 11.8 Å². The Hall–Kier alpha value is 0.350. The van der Waals surface area contributed by atoms with Crippen LogP contribution in [0.5, 0.6) is 0 Å². The molecule has 0 N–H and O–H groups in total. The molecule has 0 nitrogen and oxygen atoms in total. The van der Waals surface area contributed by atoms with E-state index in [4.69, 9.17) is 0 Å². The zero-order chi connectivity index (χ0) is 7.66. The van der Waals surface area contributed by atoms with Crippen LogP contribution in [-0.2, 0) is 0 Å². The summed E-state index contributed by atoms with van der Waals surface area (Å²) in [6, 6.07) is 0. The third-order valence-electron chi connectivity index (χ3n) is 1.60. The van der Waals surface area contributed by atoms with Crippen molar-refractivity contribution in [2.24, 2.45) is 0 Å². The third kappa shape index (κ3) is 8.35. The molecule has 0 saturated carbocycles. The summed E-state index contributed by atoms with van der Waals surface area (Å²) in [7, 11) is 0. The van der Waals surface area contributed by atoms with Gasteiger partial charge in [-0.15, -0.1) is 0 Å². The van der Waals surface area contributed by atoms with Crippen molar-refractivity contribution in [1.29, 1.82) is 0 Å². The van der Waals surface area contributed by atoms with E-state index < -0.39 is 0 Å². The Morgan fingerprint density at radius 1 is 0.900 bits per heavy atom. The smallest absolute Gasteiger partial charge is 0.00676 e. The summed E-state index contributed by atoms with van der Waals surface area (Å²) < 4.78 is 0. The Kier molecular flexibility index (Phi) is 9.68. The minimum absolute atomic E-state index is 1.29. The second-order valence-electron chi connectivity index (χ2n) is 2.61. The minimum Gasteiger partial charge on any atom is -0.162 e. The quantitative estimate of drug-likeness (QED) is 0.512. The van der Waals surface area contributed by atoms with Gasteiger partial charge in [-0.25, -0.2) is 0 Å². The van der Waals surface area contributed by atoms with Crippen molar-refractivity contribution in [1.82, 2.24) is 0 Å². The predicted molar refractivity (Wildman–Crippen MR) is 51.8 cm³/mol. The second-order valence-corrected chi connectivity index (χ2v) is 4.00. The summed E-state index contributed by atoms with van der Waals surface area (Å²) in [6.07, 6.45) is 7.11. The highest BCUT2D eigenvalue weighted by molar-refractivity contribution is 7.99. The van der Waals surface area contributed by atoms with Crippen LogP contribution in [-0.4, -0.2) is 11.5 Å². The highest BCUT2D eigenvalue weighted by Gasteiger charge is 1.87. The molecule has 0 aromatic carbocycles. The second kappa shape index (κ2) is 9.35. The van der Waals surface area contributed by atoms with E-state index in [1.807, 2.05) is 0 Å². The van der Waals surface area contributed by atoms with Crippen LogP contribution in [0.3, 0.4) is 0 Å². The molecule has 0 unspecified atom stereocenters. The third-order valence-corrected chi connectivity index (χ3v) is 2.58. The fourth-order valence-corrected chi connectivity index (χ4v) is 1.65. The molecule has 0 aromatic rings. The summed E-state index contributed by atoms with van der Waals surface area (Å²) in [6.45, 7) is 4.50. The molecule has 0 fully saturated rings. The van der Waals surface area contributed by atoms with Gasteiger partial charge in [0.1, 0.15) is 0 Å². The maximum absolute atomic E-state index is 2.26. The summed E-state index contributed by atoms with van der Waals surface area (Å²) in [5.74, 6) is 2.66. The van der Waals surface area contributed by atoms with E-state index in [1.54, 1.807) is 0 Å². The van der Waals surface area contributed by atoms with Gasteiger partial charge in [0.15, 0.2) is 0 Å². The molecule has 62 valence electrons. The van der Waals surface area contributed by atoms with E-state index in [1.165, 1.54) is 43.6 Å². The summed E-state index contributed by atoms with van der Waals surface area (Å²) >= 11 is 2.07. The van der Waals surface area contributed by atoms with Crippen LogP contribution in [0.15, 0.2) is 0 Å². The van der Waals surface area contributed by atoms with Crippen molar-refractivity contribution in [3.8, 4) is 0 Å². The van der Waals surface area contributed by atoms with Gasteiger partial charge in [-0.2, -0.15) is 11.8 Å². The Morgan fingerprint density at radius 2 is 1.60 bits per heavy atom. The van der Waals surface area contributed by atoms with E-state index in [0.717, 1.165) is 0 Å². The molecule has 0 aromatic heterocycles. The molecule has 0 aliphatic heterocycles. The number of thioether (sulfide) groups is 1. The summed E-state index contributed by atoms with van der Waals surface area (Å²) in [4.78, 5) is 0. The van der Waals surface area contributed by atoms with Crippen molar-refractivity contribution in [3.05, 3.63) is 0 Å². The van der Waals surface area contributed by atoms with E-state index in [2.05, 4.69) is 25.6 Å². The number of rotatable bonds is 7. The highest BCUT2D eigenvalue weighted by Crippen LogP contribution is 2.07. The summed E-state index contributed by atoms with van der Waals surface area (Å²) in [5, 5.41) is 0. The van der Waals surface area contributed by atoms with Crippen LogP contribution >= 0.6 is 11.8 Å². The van der Waals surface area contributed by atoms with Crippen LogP contribution in [0.2, 0.25) is 0 Å². The number of hydrogen-bond acceptors (Lipinski definition) is 1. The van der Waals surface area contributed by atoms with Gasteiger partial charge in [0, 0.05) is 0 Å². The van der Waals surface area contributed by atoms with E-state index in [0.29, 0.717) is 0 Å². The van der Waals surface area contributed by atoms with Crippen LogP contribution < -0.4 is 0 Å². The van der Waals surface area contributed by atoms with Gasteiger partial charge in [0.05, 0.1) is 0 Å². The average molecular weight is 160 g/mol. The lowest BCUT2D eigenvalue weighted by atomic mass is 10.2. The molecule has 0 saturated heterocycles. The van der Waals surface area contributed by atoms with Crippen molar-refractivity contribution in [2.45, 2.75) is 46.0 Å². The molecule has 0 rings (SSSR count). The molecule has 0 atom stereocenters. The lowest BCUT2D eigenvalue weighted by molar-refractivity contribution is 0.659. The highest BCUT2D eigenvalue weighted by atomic mass is 32.2. The fourth-order valence-electron chi connectivity index (χ4n) is 0.952. The number of unbranched alkanes of at least 4 members (excludes halogenated alkanes) is 4. The molecule has 10 heavy (non-hydrogen) atoms. The van der Waals surface area contributed by atoms with E-state index >= 15 is 0 Å². The standard InChI is InChI=1S/C9H20S/c1-3-5-6-7-8-9-10-4-2/h3-9H2,1-2H3. The van der Waals surface area contributed by atoms with Gasteiger partial charge >= 0.3 is 0 Å². The largest absolute Gasteiger partial charge is 0.162 e. The Bertz CT molecular complexity index is 44.7. The predicted octanol–water partition coefficient (Wildman–Crippen LogP) is 3.71. The molecule has 0 amide bonds. The SMILES string of the molecule is CCCCCCCSCC. The summed E-state index contributed by atoms with van der Waals surface area (Å²) in [5.41, 5.74) is 0. The Labute approximate surface area is 69.8 Å². The fraction of sp³-hybridized carbons (Fsp3) is 1.00. The molecular weight excluding hydrogens is 140 g/mol. The molecule has 0 heterocycles. The van der Waals surface area contributed by atoms with Gasteiger partial charge in [-0.3, -0.25) is 0 Å². The first-order chi connectivity index (χ1) is 4.91. The van der Waals surface area contributed by atoms with Gasteiger partial charge in [-0.05, 0) is 17.9 Å². The normalized spacial score (nSPS) is 10.2. The van der Waals surface area contributed by atoms with Gasteiger partial charge in [-0.1, -0.05) is 39.5 Å². The van der Waals surface area contributed by atoms with Crippen LogP contribution in [0, 0.1) is 0 Å². The maximum Gasteiger partial charge on any atom is -0.00676 e. The first-order valence-electron chi connectivity index (χ1n) is 4.49. The molecule has 0 aliphatic carbocycles. The zero-order valence-corrected chi connectivity index (χ0v) is 8.17. The molecule has 0 bridgehead atoms. The molecule has 1 heteroatoms. The van der Waals surface area contributed by atoms with Crippen molar-refractivity contribution < 1.29 is 0 Å². The van der Waals surface area contributed by atoms with Crippen molar-refractivity contribution in [3.63, 3.8) is 0 Å². The van der Waals surface area contributed by atoms with Gasteiger partial charge in [0.2, 0.25) is 0 Å². The maximum atomic E-state index is 2.26. The van der Waals surface area contributed by atoms with Gasteiger partial charge in [0.25, 0.3) is 0 Å². The van der Waals surface area contributed by atoms with Crippen LogP contribution in [0.4, 0.5) is 0 Å². The van der Waals surface area contributed by atoms with Crippen LogP contribution in [0.25, 0.3) is 0 Å². The first kappa shape index (κ1) is 10.3. The lowest BCUT2D eigenvalue weighted by Crippen LogP contribution is -1.81. The van der Waals surface area contributed by atoms with Crippen LogP contribution in [0.1, 0.15) is 46.0 Å². The monoisotopic (exact) mass is 160 g/mol. The Morgan fingerprint density at radius 3 is 2.20 bits per heavy atom. The Balaban J connectivity index is 2.65. The topological polar surface area (TPSA) is 0 Å². The molecular formula is C9H20S. The van der Waals surface area contributed by atoms with Crippen molar-refractivity contribution in [2.75, 3.05) is 11.5 Å². The van der Waals surface area contributed by atoms with E-state index in [-0.39, 0.29) is 0 Å². The minimum atomic E-state index is 1.29. The van der Waals surface area contributed by atoms with E-state index in [9.17, 15) is 0 Å². The number of hydrogen-bond donors (Lipinski definition) is 0. The molecule has 0 aliphatic rings. The lowest BCUT2D eigenvalue weighted by Gasteiger charge is -1.97. The zero-order valence-electron chi connectivity index (χ0n) is 7.36. The molecule has 0 radical (unpaired) electrons. The first-order valence-corrected chi connectivity index (χ1v) is 5.65.